The Labute approximate surface area is 181 Å². The zero-order valence-corrected chi connectivity index (χ0v) is 17.2. The first kappa shape index (κ1) is 23.3. The van der Waals surface area contributed by atoms with Crippen molar-refractivity contribution in [3.05, 3.63) is 41.7 Å². The first-order valence-electron chi connectivity index (χ1n) is 9.46. The van der Waals surface area contributed by atoms with Crippen LogP contribution in [0.5, 0.6) is 0 Å². The van der Waals surface area contributed by atoms with Gasteiger partial charge in [0.2, 0.25) is 12.7 Å². The second-order valence-electron chi connectivity index (χ2n) is 7.31. The molecule has 0 radical (unpaired) electrons. The third kappa shape index (κ3) is 4.74. The first-order chi connectivity index (χ1) is 15.3. The number of aliphatic imine (C=N–C) groups is 3. The maximum Gasteiger partial charge on any atom is 0.283 e. The van der Waals surface area contributed by atoms with Crippen LogP contribution in [0.25, 0.3) is 0 Å². The molecule has 1 amide bonds. The summed E-state index contributed by atoms with van der Waals surface area (Å²) in [4.78, 5) is 23.7. The van der Waals surface area contributed by atoms with E-state index in [0.29, 0.717) is 0 Å². The van der Waals surface area contributed by atoms with Crippen molar-refractivity contribution in [3.63, 3.8) is 0 Å². The monoisotopic (exact) mass is 453 g/mol. The molecule has 1 aromatic carbocycles. The molecule has 2 heterocycles. The summed E-state index contributed by atoms with van der Waals surface area (Å²) in [7, 11) is 0. The number of nitrogens with zero attached hydrogens (tertiary/aromatic N) is 3. The van der Waals surface area contributed by atoms with E-state index < -0.39 is 36.4 Å². The number of anilines is 1. The van der Waals surface area contributed by atoms with Gasteiger partial charge in [-0.25, -0.2) is 23.2 Å². The highest BCUT2D eigenvalue weighted by molar-refractivity contribution is 6.42. The van der Waals surface area contributed by atoms with Crippen LogP contribution >= 0.6 is 0 Å². The highest BCUT2D eigenvalue weighted by Gasteiger charge is 2.53. The lowest BCUT2D eigenvalue weighted by Gasteiger charge is -2.48. The number of carbonyl (C=O) groups is 1. The van der Waals surface area contributed by atoms with Gasteiger partial charge in [-0.3, -0.25) is 9.79 Å². The smallest absolute Gasteiger partial charge is 0.283 e. The van der Waals surface area contributed by atoms with Crippen LogP contribution in [0, 0.1) is 5.82 Å². The number of amides is 1. The summed E-state index contributed by atoms with van der Waals surface area (Å²) in [5.41, 5.74) is 3.32. The van der Waals surface area contributed by atoms with Crippen molar-refractivity contribution >= 4 is 30.0 Å². The number of halogens is 3. The molecule has 2 aliphatic heterocycles. The molecular weight excluding hydrogens is 431 g/mol. The van der Waals surface area contributed by atoms with Crippen LogP contribution in [0.2, 0.25) is 0 Å². The fourth-order valence-corrected chi connectivity index (χ4v) is 3.43. The molecule has 0 saturated carbocycles. The van der Waals surface area contributed by atoms with E-state index in [-0.39, 0.29) is 48.5 Å². The molecule has 1 aromatic rings. The van der Waals surface area contributed by atoms with Gasteiger partial charge in [-0.1, -0.05) is 0 Å². The molecule has 1 saturated heterocycles. The van der Waals surface area contributed by atoms with Crippen LogP contribution in [0.15, 0.2) is 45.3 Å². The second kappa shape index (κ2) is 9.39. The van der Waals surface area contributed by atoms with Crippen molar-refractivity contribution in [1.29, 1.82) is 0 Å². The lowest BCUT2D eigenvalue weighted by Crippen LogP contribution is -2.60. The Bertz CT molecular complexity index is 993. The Balaban J connectivity index is 1.86. The third-order valence-electron chi connectivity index (χ3n) is 4.99. The Morgan fingerprint density at radius 3 is 2.78 bits per heavy atom. The third-order valence-corrected chi connectivity index (χ3v) is 4.99. The summed E-state index contributed by atoms with van der Waals surface area (Å²) in [6, 6.07) is 3.43. The first-order valence-corrected chi connectivity index (χ1v) is 9.46. The molecule has 1 fully saturated rings. The Kier molecular flexibility index (Phi) is 6.82. The normalized spacial score (nSPS) is 22.4. The standard InChI is InChI=1S/C20H22F3N5O4/c1-12(26-6-16(25-2)31-11-22)17(29)27-13-3-4-15(23)14(5-13)20(8-21)7-19(9-30-10-19)32-18(24)28-20/h3-6H,2,7-11H2,1H3,(H2,24,28)(H,27,29)/b16-6+,26-12?/t20-/m1/s1. The number of rotatable bonds is 8. The van der Waals surface area contributed by atoms with Crippen molar-refractivity contribution in [3.8, 4) is 0 Å². The summed E-state index contributed by atoms with van der Waals surface area (Å²) >= 11 is 0. The number of ether oxygens (including phenoxy) is 3. The number of benzene rings is 1. The maximum absolute atomic E-state index is 14.8. The molecule has 32 heavy (non-hydrogen) atoms. The van der Waals surface area contributed by atoms with Gasteiger partial charge in [0.1, 0.15) is 23.7 Å². The fraction of sp³-hybridized carbons (Fsp3) is 0.400. The van der Waals surface area contributed by atoms with Crippen molar-refractivity contribution in [2.24, 2.45) is 20.7 Å². The van der Waals surface area contributed by atoms with Crippen LogP contribution in [-0.2, 0) is 24.5 Å². The highest BCUT2D eigenvalue weighted by Crippen LogP contribution is 2.44. The van der Waals surface area contributed by atoms with Crippen molar-refractivity contribution < 1.29 is 32.2 Å². The minimum atomic E-state index is -1.63. The number of carbonyl (C=O) groups excluding carboxylic acids is 1. The summed E-state index contributed by atoms with van der Waals surface area (Å²) in [5, 5.41) is 2.54. The van der Waals surface area contributed by atoms with Gasteiger partial charge in [-0.2, -0.15) is 0 Å². The van der Waals surface area contributed by atoms with Crippen LogP contribution < -0.4 is 11.1 Å². The zero-order valence-electron chi connectivity index (χ0n) is 17.2. The fourth-order valence-electron chi connectivity index (χ4n) is 3.43. The maximum atomic E-state index is 14.8. The molecule has 1 spiro atoms. The Morgan fingerprint density at radius 2 is 2.19 bits per heavy atom. The second-order valence-corrected chi connectivity index (χ2v) is 7.31. The van der Waals surface area contributed by atoms with E-state index in [0.717, 1.165) is 12.3 Å². The van der Waals surface area contributed by atoms with Crippen molar-refractivity contribution in [2.75, 3.05) is 32.1 Å². The topological polar surface area (TPSA) is 120 Å². The van der Waals surface area contributed by atoms with E-state index in [1.165, 1.54) is 19.1 Å². The predicted molar refractivity (Wildman–Crippen MR) is 111 cm³/mol. The van der Waals surface area contributed by atoms with Gasteiger partial charge in [0, 0.05) is 17.7 Å². The number of alkyl halides is 2. The molecule has 3 rings (SSSR count). The van der Waals surface area contributed by atoms with Crippen molar-refractivity contribution in [2.45, 2.75) is 24.5 Å². The lowest BCUT2D eigenvalue weighted by molar-refractivity contribution is -0.189. The van der Waals surface area contributed by atoms with Gasteiger partial charge in [0.05, 0.1) is 19.4 Å². The number of hydrogen-bond acceptors (Lipinski definition) is 8. The lowest BCUT2D eigenvalue weighted by atomic mass is 9.78. The van der Waals surface area contributed by atoms with Crippen LogP contribution in [0.3, 0.4) is 0 Å². The molecule has 0 unspecified atom stereocenters. The van der Waals surface area contributed by atoms with E-state index in [1.807, 2.05) is 0 Å². The SMILES string of the molecule is C=N/C(=C\N=C(C)C(=O)Nc1ccc(F)c([C@]2(CF)CC3(COC3)OC(N)=N2)c1)OCF. The van der Waals surface area contributed by atoms with Crippen molar-refractivity contribution in [1.82, 2.24) is 0 Å². The molecule has 0 aliphatic carbocycles. The number of hydrogen-bond donors (Lipinski definition) is 2. The zero-order chi connectivity index (χ0) is 23.4. The van der Waals surface area contributed by atoms with Gasteiger partial charge in [0.25, 0.3) is 11.9 Å². The van der Waals surface area contributed by atoms with Gasteiger partial charge in [0.15, 0.2) is 5.60 Å². The van der Waals surface area contributed by atoms with Crippen LogP contribution in [0.4, 0.5) is 18.9 Å². The van der Waals surface area contributed by atoms with E-state index in [9.17, 15) is 18.0 Å². The number of amidine groups is 1. The highest BCUT2D eigenvalue weighted by atomic mass is 19.1. The number of nitrogens with one attached hydrogen (secondary N) is 1. The average molecular weight is 453 g/mol. The molecule has 3 N–H and O–H groups in total. The predicted octanol–water partition coefficient (Wildman–Crippen LogP) is 2.34. The van der Waals surface area contributed by atoms with E-state index in [2.05, 4.69) is 31.7 Å². The summed E-state index contributed by atoms with van der Waals surface area (Å²) in [6.45, 7) is 2.77. The minimum absolute atomic E-state index is 0.0166. The van der Waals surface area contributed by atoms with E-state index in [1.54, 1.807) is 0 Å². The molecule has 12 heteroatoms. The molecule has 9 nitrogen and oxygen atoms in total. The summed E-state index contributed by atoms with van der Waals surface area (Å²) < 4.78 is 56.4. The molecule has 172 valence electrons. The van der Waals surface area contributed by atoms with Gasteiger partial charge in [-0.05, 0) is 31.8 Å². The Morgan fingerprint density at radius 1 is 1.44 bits per heavy atom. The van der Waals surface area contributed by atoms with E-state index in [4.69, 9.17) is 15.2 Å². The molecule has 1 atom stereocenters. The molecule has 0 aromatic heterocycles. The number of nitrogens with two attached hydrogens (primary N) is 1. The van der Waals surface area contributed by atoms with Crippen LogP contribution in [-0.4, -0.2) is 56.7 Å². The van der Waals surface area contributed by atoms with Gasteiger partial charge >= 0.3 is 0 Å². The summed E-state index contributed by atoms with van der Waals surface area (Å²) in [5.74, 6) is -1.57. The van der Waals surface area contributed by atoms with E-state index >= 15 is 0 Å². The van der Waals surface area contributed by atoms with Crippen LogP contribution in [0.1, 0.15) is 18.9 Å². The quantitative estimate of drug-likeness (QED) is 0.463. The van der Waals surface area contributed by atoms with Gasteiger partial charge < -0.3 is 25.3 Å². The summed E-state index contributed by atoms with van der Waals surface area (Å²) in [6.07, 6.45) is 1.04. The largest absolute Gasteiger partial charge is 0.454 e. The average Bonchev–Trinajstić information content (AvgIpc) is 2.75. The van der Waals surface area contributed by atoms with Gasteiger partial charge in [-0.15, -0.1) is 0 Å². The minimum Gasteiger partial charge on any atom is -0.454 e. The molecular formula is C20H22F3N5O4. The Hall–Kier alpha value is -3.41. The molecule has 2 aliphatic rings. The molecule has 0 bridgehead atoms.